The van der Waals surface area contributed by atoms with Crippen molar-refractivity contribution >= 4 is 0 Å². The normalized spacial score (nSPS) is 23.8. The second-order valence-electron chi connectivity index (χ2n) is 5.78. The van der Waals surface area contributed by atoms with Gasteiger partial charge in [0, 0.05) is 19.7 Å². The molecule has 19 heavy (non-hydrogen) atoms. The van der Waals surface area contributed by atoms with Crippen LogP contribution in [0.25, 0.3) is 0 Å². The summed E-state index contributed by atoms with van der Waals surface area (Å²) >= 11 is 0. The fourth-order valence-corrected chi connectivity index (χ4v) is 3.25. The molecular weight excluding hydrogens is 238 g/mol. The van der Waals surface area contributed by atoms with Crippen LogP contribution in [0, 0.1) is 0 Å². The van der Waals surface area contributed by atoms with Crippen LogP contribution in [0.1, 0.15) is 42.9 Å². The van der Waals surface area contributed by atoms with Crippen molar-refractivity contribution in [2.24, 2.45) is 0 Å². The summed E-state index contributed by atoms with van der Waals surface area (Å²) in [5.41, 5.74) is 2.96. The monoisotopic (exact) mass is 261 g/mol. The van der Waals surface area contributed by atoms with Gasteiger partial charge in [0.05, 0.1) is 12.7 Å². The Bertz CT molecular complexity index is 449. The highest BCUT2D eigenvalue weighted by Crippen LogP contribution is 2.37. The molecule has 1 aromatic rings. The molecule has 2 aliphatic carbocycles. The van der Waals surface area contributed by atoms with E-state index in [1.54, 1.807) is 7.11 Å². The average molecular weight is 261 g/mol. The lowest BCUT2D eigenvalue weighted by atomic mass is 9.79. The molecule has 0 aliphatic heterocycles. The second kappa shape index (κ2) is 5.14. The molecule has 1 fully saturated rings. The third kappa shape index (κ3) is 2.37. The molecule has 104 valence electrons. The van der Waals surface area contributed by atoms with Crippen LogP contribution in [0.15, 0.2) is 18.2 Å². The molecule has 0 amide bonds. The number of rotatable bonds is 5. The van der Waals surface area contributed by atoms with E-state index in [9.17, 15) is 0 Å². The molecule has 0 saturated heterocycles. The SMILES string of the molecule is COc1ccc2c(c1)C(NCC1(OC)CCC1)CC2. The maximum Gasteiger partial charge on any atom is 0.119 e. The third-order valence-corrected chi connectivity index (χ3v) is 4.80. The summed E-state index contributed by atoms with van der Waals surface area (Å²) in [5, 5.41) is 3.70. The first-order valence-electron chi connectivity index (χ1n) is 7.22. The van der Waals surface area contributed by atoms with Crippen molar-refractivity contribution in [2.75, 3.05) is 20.8 Å². The second-order valence-corrected chi connectivity index (χ2v) is 5.78. The minimum Gasteiger partial charge on any atom is -0.497 e. The van der Waals surface area contributed by atoms with Crippen LogP contribution in [-0.4, -0.2) is 26.4 Å². The van der Waals surface area contributed by atoms with Crippen LogP contribution in [0.5, 0.6) is 5.75 Å². The molecule has 3 heteroatoms. The summed E-state index contributed by atoms with van der Waals surface area (Å²) in [4.78, 5) is 0. The predicted octanol–water partition coefficient (Wildman–Crippen LogP) is 2.84. The predicted molar refractivity (Wildman–Crippen MR) is 75.6 cm³/mol. The zero-order valence-corrected chi connectivity index (χ0v) is 11.9. The van der Waals surface area contributed by atoms with Gasteiger partial charge in [-0.05, 0) is 55.4 Å². The summed E-state index contributed by atoms with van der Waals surface area (Å²) < 4.78 is 11.0. The summed E-state index contributed by atoms with van der Waals surface area (Å²) in [5.74, 6) is 0.956. The van der Waals surface area contributed by atoms with E-state index in [-0.39, 0.29) is 5.60 Å². The Morgan fingerprint density at radius 3 is 2.79 bits per heavy atom. The Labute approximate surface area is 115 Å². The van der Waals surface area contributed by atoms with Crippen LogP contribution in [-0.2, 0) is 11.2 Å². The first-order valence-corrected chi connectivity index (χ1v) is 7.22. The van der Waals surface area contributed by atoms with Crippen molar-refractivity contribution < 1.29 is 9.47 Å². The van der Waals surface area contributed by atoms with Crippen molar-refractivity contribution in [1.29, 1.82) is 0 Å². The lowest BCUT2D eigenvalue weighted by Gasteiger charge is -2.41. The molecule has 0 heterocycles. The van der Waals surface area contributed by atoms with Gasteiger partial charge in [-0.1, -0.05) is 6.07 Å². The zero-order valence-electron chi connectivity index (χ0n) is 11.9. The zero-order chi connectivity index (χ0) is 13.3. The number of hydrogen-bond donors (Lipinski definition) is 1. The van der Waals surface area contributed by atoms with Crippen molar-refractivity contribution in [3.63, 3.8) is 0 Å². The van der Waals surface area contributed by atoms with Gasteiger partial charge < -0.3 is 14.8 Å². The lowest BCUT2D eigenvalue weighted by molar-refractivity contribution is -0.0709. The minimum absolute atomic E-state index is 0.0988. The summed E-state index contributed by atoms with van der Waals surface area (Å²) in [7, 11) is 3.57. The first-order chi connectivity index (χ1) is 9.26. The molecule has 0 bridgehead atoms. The Morgan fingerprint density at radius 1 is 1.32 bits per heavy atom. The Kier molecular flexibility index (Phi) is 3.50. The summed E-state index contributed by atoms with van der Waals surface area (Å²) in [6.07, 6.45) is 6.02. The van der Waals surface area contributed by atoms with Gasteiger partial charge in [0.1, 0.15) is 5.75 Å². The van der Waals surface area contributed by atoms with E-state index in [1.165, 1.54) is 36.8 Å². The van der Waals surface area contributed by atoms with Crippen molar-refractivity contribution in [1.82, 2.24) is 5.32 Å². The van der Waals surface area contributed by atoms with E-state index in [4.69, 9.17) is 9.47 Å². The number of hydrogen-bond acceptors (Lipinski definition) is 3. The fourth-order valence-electron chi connectivity index (χ4n) is 3.25. The van der Waals surface area contributed by atoms with Crippen LogP contribution < -0.4 is 10.1 Å². The smallest absolute Gasteiger partial charge is 0.119 e. The van der Waals surface area contributed by atoms with Crippen LogP contribution in [0.3, 0.4) is 0 Å². The van der Waals surface area contributed by atoms with Gasteiger partial charge in [-0.25, -0.2) is 0 Å². The van der Waals surface area contributed by atoms with Gasteiger partial charge >= 0.3 is 0 Å². The van der Waals surface area contributed by atoms with Gasteiger partial charge in [0.15, 0.2) is 0 Å². The first kappa shape index (κ1) is 12.9. The van der Waals surface area contributed by atoms with Gasteiger partial charge in [-0.15, -0.1) is 0 Å². The molecule has 0 radical (unpaired) electrons. The maximum atomic E-state index is 5.68. The van der Waals surface area contributed by atoms with Crippen molar-refractivity contribution in [3.05, 3.63) is 29.3 Å². The lowest BCUT2D eigenvalue weighted by Crippen LogP contribution is -2.48. The van der Waals surface area contributed by atoms with E-state index >= 15 is 0 Å². The molecule has 1 N–H and O–H groups in total. The molecular formula is C16H23NO2. The number of aryl methyl sites for hydroxylation is 1. The minimum atomic E-state index is 0.0988. The van der Waals surface area contributed by atoms with E-state index in [0.717, 1.165) is 18.7 Å². The topological polar surface area (TPSA) is 30.5 Å². The summed E-state index contributed by atoms with van der Waals surface area (Å²) in [6, 6.07) is 6.90. The van der Waals surface area contributed by atoms with Gasteiger partial charge in [0.2, 0.25) is 0 Å². The molecule has 1 aromatic carbocycles. The molecule has 3 rings (SSSR count). The summed E-state index contributed by atoms with van der Waals surface area (Å²) in [6.45, 7) is 0.963. The largest absolute Gasteiger partial charge is 0.497 e. The third-order valence-electron chi connectivity index (χ3n) is 4.80. The van der Waals surface area contributed by atoms with Gasteiger partial charge in [-0.3, -0.25) is 0 Å². The Morgan fingerprint density at radius 2 is 2.16 bits per heavy atom. The maximum absolute atomic E-state index is 5.68. The number of benzene rings is 1. The molecule has 1 unspecified atom stereocenters. The number of nitrogens with one attached hydrogen (secondary N) is 1. The average Bonchev–Trinajstić information content (AvgIpc) is 2.80. The molecule has 0 aromatic heterocycles. The number of methoxy groups -OCH3 is 2. The van der Waals surface area contributed by atoms with E-state index in [2.05, 4.69) is 23.5 Å². The highest BCUT2D eigenvalue weighted by molar-refractivity contribution is 5.40. The molecule has 3 nitrogen and oxygen atoms in total. The van der Waals surface area contributed by atoms with Crippen LogP contribution >= 0.6 is 0 Å². The number of fused-ring (bicyclic) bond motifs is 1. The van der Waals surface area contributed by atoms with Crippen molar-refractivity contribution in [3.8, 4) is 5.75 Å². The highest BCUT2D eigenvalue weighted by Gasteiger charge is 2.37. The quantitative estimate of drug-likeness (QED) is 0.884. The van der Waals surface area contributed by atoms with Crippen molar-refractivity contribution in [2.45, 2.75) is 43.7 Å². The van der Waals surface area contributed by atoms with Crippen LogP contribution in [0.4, 0.5) is 0 Å². The Hall–Kier alpha value is -1.06. The van der Waals surface area contributed by atoms with Gasteiger partial charge in [-0.2, -0.15) is 0 Å². The standard InChI is InChI=1S/C16H23NO2/c1-18-13-6-4-12-5-7-15(14(12)10-13)17-11-16(19-2)8-3-9-16/h4,6,10,15,17H,3,5,7-9,11H2,1-2H3. The van der Waals surface area contributed by atoms with E-state index in [1.807, 2.05) is 7.11 Å². The number of ether oxygens (including phenoxy) is 2. The Balaban J connectivity index is 1.68. The fraction of sp³-hybridized carbons (Fsp3) is 0.625. The van der Waals surface area contributed by atoms with Gasteiger partial charge in [0.25, 0.3) is 0 Å². The highest BCUT2D eigenvalue weighted by atomic mass is 16.5. The molecule has 0 spiro atoms. The van der Waals surface area contributed by atoms with E-state index in [0.29, 0.717) is 6.04 Å². The van der Waals surface area contributed by atoms with E-state index < -0.39 is 0 Å². The molecule has 1 saturated carbocycles. The molecule has 2 aliphatic rings. The molecule has 1 atom stereocenters. The van der Waals surface area contributed by atoms with Crippen LogP contribution in [0.2, 0.25) is 0 Å².